The molecular weight excluding hydrogens is 338 g/mol. The molecule has 0 spiro atoms. The highest BCUT2D eigenvalue weighted by Gasteiger charge is 2.19. The number of hydrogen-bond acceptors (Lipinski definition) is 4. The SMILES string of the molecule is COc1cc(C=NN2CC[NH+](Cc3ccccc3Cl)CC2)ccc1O. The van der Waals surface area contributed by atoms with Crippen molar-refractivity contribution in [1.82, 2.24) is 5.01 Å². The molecule has 1 fully saturated rings. The highest BCUT2D eigenvalue weighted by molar-refractivity contribution is 6.31. The van der Waals surface area contributed by atoms with Crippen LogP contribution in [0.3, 0.4) is 0 Å². The standard InChI is InChI=1S/C19H22ClN3O2/c1-25-19-12-15(6-7-18(19)24)13-21-23-10-8-22(9-11-23)14-16-4-2-3-5-17(16)20/h2-7,12-13,24H,8-11,14H2,1H3/p+1. The summed E-state index contributed by atoms with van der Waals surface area (Å²) in [6.45, 7) is 4.83. The summed E-state index contributed by atoms with van der Waals surface area (Å²) in [5.41, 5.74) is 2.10. The summed E-state index contributed by atoms with van der Waals surface area (Å²) in [6.07, 6.45) is 1.81. The number of rotatable bonds is 5. The number of piperazine rings is 1. The van der Waals surface area contributed by atoms with Crippen molar-refractivity contribution < 1.29 is 14.7 Å². The Morgan fingerprint density at radius 1 is 1.24 bits per heavy atom. The van der Waals surface area contributed by atoms with Crippen LogP contribution < -0.4 is 9.64 Å². The van der Waals surface area contributed by atoms with E-state index >= 15 is 0 Å². The van der Waals surface area contributed by atoms with Gasteiger partial charge >= 0.3 is 0 Å². The van der Waals surface area contributed by atoms with Crippen LogP contribution in [0.15, 0.2) is 47.6 Å². The number of hydrogen-bond donors (Lipinski definition) is 2. The number of aromatic hydroxyl groups is 1. The predicted molar refractivity (Wildman–Crippen MR) is 99.7 cm³/mol. The van der Waals surface area contributed by atoms with E-state index < -0.39 is 0 Å². The molecule has 0 unspecified atom stereocenters. The number of phenols is 1. The van der Waals surface area contributed by atoms with Crippen LogP contribution >= 0.6 is 11.6 Å². The average molecular weight is 361 g/mol. The summed E-state index contributed by atoms with van der Waals surface area (Å²) in [5, 5.41) is 17.1. The number of halogens is 1. The van der Waals surface area contributed by atoms with Crippen LogP contribution in [0.1, 0.15) is 11.1 Å². The lowest BCUT2D eigenvalue weighted by Crippen LogP contribution is -3.13. The number of methoxy groups -OCH3 is 1. The molecule has 2 N–H and O–H groups in total. The van der Waals surface area contributed by atoms with Gasteiger partial charge in [0.05, 0.1) is 39.5 Å². The van der Waals surface area contributed by atoms with Crippen molar-refractivity contribution in [2.75, 3.05) is 33.3 Å². The Bertz CT molecular complexity index is 743. The average Bonchev–Trinajstić information content (AvgIpc) is 2.64. The van der Waals surface area contributed by atoms with Gasteiger partial charge in [-0.2, -0.15) is 5.10 Å². The van der Waals surface area contributed by atoms with Crippen LogP contribution in [-0.2, 0) is 6.54 Å². The third-order valence-corrected chi connectivity index (χ3v) is 4.79. The van der Waals surface area contributed by atoms with Gasteiger partial charge < -0.3 is 14.7 Å². The van der Waals surface area contributed by atoms with Gasteiger partial charge in [-0.1, -0.05) is 29.8 Å². The van der Waals surface area contributed by atoms with E-state index in [4.69, 9.17) is 16.3 Å². The van der Waals surface area contributed by atoms with E-state index in [9.17, 15) is 5.11 Å². The normalized spacial score (nSPS) is 15.7. The molecule has 0 radical (unpaired) electrons. The van der Waals surface area contributed by atoms with Crippen LogP contribution in [0.25, 0.3) is 0 Å². The molecule has 3 rings (SSSR count). The van der Waals surface area contributed by atoms with Crippen LogP contribution in [0.5, 0.6) is 11.5 Å². The molecule has 0 saturated carbocycles. The minimum Gasteiger partial charge on any atom is -0.504 e. The summed E-state index contributed by atoms with van der Waals surface area (Å²) >= 11 is 6.25. The Labute approximate surface area is 153 Å². The van der Waals surface area contributed by atoms with Crippen molar-refractivity contribution in [3.63, 3.8) is 0 Å². The molecule has 0 bridgehead atoms. The van der Waals surface area contributed by atoms with Gasteiger partial charge in [-0.3, -0.25) is 5.01 Å². The van der Waals surface area contributed by atoms with Crippen molar-refractivity contribution in [3.8, 4) is 11.5 Å². The number of phenolic OH excluding ortho intramolecular Hbond substituents is 1. The lowest BCUT2D eigenvalue weighted by atomic mass is 10.2. The van der Waals surface area contributed by atoms with Gasteiger partial charge in [0.2, 0.25) is 0 Å². The molecule has 0 atom stereocenters. The molecule has 132 valence electrons. The molecule has 0 aliphatic carbocycles. The summed E-state index contributed by atoms with van der Waals surface area (Å²) in [5.74, 6) is 0.592. The van der Waals surface area contributed by atoms with Crippen molar-refractivity contribution in [3.05, 3.63) is 58.6 Å². The monoisotopic (exact) mass is 360 g/mol. The number of ether oxygens (including phenoxy) is 1. The van der Waals surface area contributed by atoms with Crippen LogP contribution in [-0.4, -0.2) is 49.6 Å². The van der Waals surface area contributed by atoms with Gasteiger partial charge in [-0.05, 0) is 29.8 Å². The zero-order valence-electron chi connectivity index (χ0n) is 14.3. The zero-order valence-corrected chi connectivity index (χ0v) is 15.0. The molecule has 0 aromatic heterocycles. The second-order valence-corrected chi connectivity index (χ2v) is 6.55. The first-order valence-electron chi connectivity index (χ1n) is 8.38. The number of nitrogens with zero attached hydrogens (tertiary/aromatic N) is 2. The van der Waals surface area contributed by atoms with Crippen LogP contribution in [0.2, 0.25) is 5.02 Å². The maximum absolute atomic E-state index is 9.63. The lowest BCUT2D eigenvalue weighted by Gasteiger charge is -2.30. The molecule has 1 saturated heterocycles. The first-order valence-corrected chi connectivity index (χ1v) is 8.76. The molecule has 2 aromatic rings. The molecule has 25 heavy (non-hydrogen) atoms. The van der Waals surface area contributed by atoms with Gasteiger partial charge in [0, 0.05) is 10.6 Å². The minimum atomic E-state index is 0.136. The van der Waals surface area contributed by atoms with Crippen LogP contribution in [0.4, 0.5) is 0 Å². The summed E-state index contributed by atoms with van der Waals surface area (Å²) in [6, 6.07) is 13.3. The molecule has 6 heteroatoms. The van der Waals surface area contributed by atoms with E-state index in [0.717, 1.165) is 43.3 Å². The molecule has 5 nitrogen and oxygen atoms in total. The molecule has 1 heterocycles. The van der Waals surface area contributed by atoms with Gasteiger partial charge in [0.25, 0.3) is 0 Å². The van der Waals surface area contributed by atoms with E-state index in [1.165, 1.54) is 17.6 Å². The van der Waals surface area contributed by atoms with Gasteiger partial charge in [-0.15, -0.1) is 0 Å². The quantitative estimate of drug-likeness (QED) is 0.799. The smallest absolute Gasteiger partial charge is 0.161 e. The Kier molecular flexibility index (Phi) is 5.79. The van der Waals surface area contributed by atoms with Crippen molar-refractivity contribution in [1.29, 1.82) is 0 Å². The molecular formula is C19H23ClN3O2+. The van der Waals surface area contributed by atoms with Gasteiger partial charge in [-0.25, -0.2) is 0 Å². The Hall–Kier alpha value is -2.24. The Morgan fingerprint density at radius 2 is 2.00 bits per heavy atom. The fraction of sp³-hybridized carbons (Fsp3) is 0.316. The van der Waals surface area contributed by atoms with Crippen molar-refractivity contribution in [2.24, 2.45) is 5.10 Å². The first kappa shape index (κ1) is 17.6. The minimum absolute atomic E-state index is 0.136. The third-order valence-electron chi connectivity index (χ3n) is 4.42. The fourth-order valence-electron chi connectivity index (χ4n) is 2.94. The van der Waals surface area contributed by atoms with E-state index in [2.05, 4.69) is 16.2 Å². The number of benzene rings is 2. The molecule has 1 aliphatic heterocycles. The molecule has 1 aliphatic rings. The van der Waals surface area contributed by atoms with Gasteiger partial charge in [0.1, 0.15) is 6.54 Å². The maximum atomic E-state index is 9.63. The second kappa shape index (κ2) is 8.23. The highest BCUT2D eigenvalue weighted by Crippen LogP contribution is 2.25. The topological polar surface area (TPSA) is 49.5 Å². The number of nitrogens with one attached hydrogen (secondary N) is 1. The number of quaternary nitrogens is 1. The highest BCUT2D eigenvalue weighted by atomic mass is 35.5. The van der Waals surface area contributed by atoms with E-state index in [-0.39, 0.29) is 5.75 Å². The fourth-order valence-corrected chi connectivity index (χ4v) is 3.14. The van der Waals surface area contributed by atoms with E-state index in [0.29, 0.717) is 5.75 Å². The zero-order chi connectivity index (χ0) is 17.6. The lowest BCUT2D eigenvalue weighted by molar-refractivity contribution is -0.918. The third kappa shape index (κ3) is 4.65. The largest absolute Gasteiger partial charge is 0.504 e. The number of hydrazone groups is 1. The summed E-state index contributed by atoms with van der Waals surface area (Å²) in [7, 11) is 1.54. The van der Waals surface area contributed by atoms with E-state index in [1.54, 1.807) is 18.3 Å². The summed E-state index contributed by atoms with van der Waals surface area (Å²) < 4.78 is 5.12. The van der Waals surface area contributed by atoms with Crippen molar-refractivity contribution >= 4 is 17.8 Å². The molecule has 2 aromatic carbocycles. The second-order valence-electron chi connectivity index (χ2n) is 6.15. The summed E-state index contributed by atoms with van der Waals surface area (Å²) in [4.78, 5) is 1.52. The van der Waals surface area contributed by atoms with Crippen molar-refractivity contribution in [2.45, 2.75) is 6.54 Å². The Balaban J connectivity index is 1.53. The Morgan fingerprint density at radius 3 is 2.72 bits per heavy atom. The first-order chi connectivity index (χ1) is 12.2. The van der Waals surface area contributed by atoms with Gasteiger partial charge in [0.15, 0.2) is 11.5 Å². The van der Waals surface area contributed by atoms with Crippen LogP contribution in [0, 0.1) is 0 Å². The predicted octanol–water partition coefficient (Wildman–Crippen LogP) is 1.79. The molecule has 0 amide bonds. The maximum Gasteiger partial charge on any atom is 0.161 e. The van der Waals surface area contributed by atoms with E-state index in [1.807, 2.05) is 24.3 Å².